The molecule has 22 heteroatoms. The van der Waals surface area contributed by atoms with Crippen LogP contribution in [0.4, 0.5) is 0 Å². The van der Waals surface area contributed by atoms with Gasteiger partial charge < -0.3 is 53.0 Å². The van der Waals surface area contributed by atoms with Crippen LogP contribution in [0.2, 0.25) is 0 Å². The summed E-state index contributed by atoms with van der Waals surface area (Å²) in [5.41, 5.74) is 4.74. The summed E-state index contributed by atoms with van der Waals surface area (Å²) < 4.78 is 0. The number of thiophene rings is 1. The van der Waals surface area contributed by atoms with Gasteiger partial charge in [-0.3, -0.25) is 52.7 Å². The number of hydrogen-bond acceptors (Lipinski definition) is 12. The van der Waals surface area contributed by atoms with Crippen LogP contribution in [0, 0.1) is 11.3 Å². The molecule has 1 rings (SSSR count). The van der Waals surface area contributed by atoms with E-state index in [1.54, 1.807) is 51.4 Å². The predicted octanol–water partition coefficient (Wildman–Crippen LogP) is -0.259. The largest absolute Gasteiger partial charge is 0.481 e. The molecule has 0 aliphatic rings. The average molecular weight is 882 g/mol. The summed E-state index contributed by atoms with van der Waals surface area (Å²) in [6, 6.07) is -7.14. The molecule has 0 saturated heterocycles. The van der Waals surface area contributed by atoms with Gasteiger partial charge in [-0.2, -0.15) is 11.3 Å². The zero-order valence-electron chi connectivity index (χ0n) is 35.2. The van der Waals surface area contributed by atoms with E-state index in [0.29, 0.717) is 18.4 Å². The second-order valence-electron chi connectivity index (χ2n) is 15.9. The lowest BCUT2D eigenvalue weighted by Crippen LogP contribution is -2.62. The molecule has 0 saturated carbocycles. The molecule has 0 aromatic carbocycles. The van der Waals surface area contributed by atoms with E-state index in [4.69, 9.17) is 10.8 Å². The lowest BCUT2D eigenvalue weighted by Gasteiger charge is -2.33. The zero-order valence-corrected chi connectivity index (χ0v) is 36.0. The highest BCUT2D eigenvalue weighted by molar-refractivity contribution is 7.07. The molecule has 0 radical (unpaired) electrons. The van der Waals surface area contributed by atoms with E-state index in [1.807, 2.05) is 6.92 Å². The predicted molar refractivity (Wildman–Crippen MR) is 218 cm³/mol. The van der Waals surface area contributed by atoms with Crippen LogP contribution in [0.25, 0.3) is 0 Å². The van der Waals surface area contributed by atoms with Crippen molar-refractivity contribution < 1.29 is 68.1 Å². The highest BCUT2D eigenvalue weighted by atomic mass is 32.1. The van der Waals surface area contributed by atoms with Crippen LogP contribution in [-0.4, -0.2) is 117 Å². The fourth-order valence-corrected chi connectivity index (χ4v) is 6.48. The van der Waals surface area contributed by atoms with Crippen molar-refractivity contribution in [1.82, 2.24) is 31.9 Å². The Kier molecular flexibility index (Phi) is 22.3. The Balaban J connectivity index is 3.48. The van der Waals surface area contributed by atoms with E-state index < -0.39 is 139 Å². The molecule has 0 aliphatic carbocycles. The Morgan fingerprint density at radius 2 is 1.20 bits per heavy atom. The Labute approximate surface area is 357 Å². The summed E-state index contributed by atoms with van der Waals surface area (Å²) in [6.45, 7) is 10.3. The average Bonchev–Trinajstić information content (AvgIpc) is 3.67. The van der Waals surface area contributed by atoms with Gasteiger partial charge in [0.15, 0.2) is 0 Å². The normalized spacial score (nSPS) is 14.1. The fraction of sp³-hybridized carbons (Fsp3) is 0.615. The van der Waals surface area contributed by atoms with Crippen LogP contribution in [0.3, 0.4) is 0 Å². The number of primary amides is 1. The molecule has 0 spiro atoms. The second kappa shape index (κ2) is 25.6. The van der Waals surface area contributed by atoms with Crippen LogP contribution >= 0.6 is 11.3 Å². The van der Waals surface area contributed by atoms with E-state index in [-0.39, 0.29) is 25.2 Å². The van der Waals surface area contributed by atoms with Gasteiger partial charge in [-0.25, -0.2) is 0 Å². The van der Waals surface area contributed by atoms with E-state index in [9.17, 15) is 63.0 Å². The molecule has 1 aromatic heterocycles. The molecule has 0 aliphatic heterocycles. The van der Waals surface area contributed by atoms with E-state index in [0.717, 1.165) is 0 Å². The van der Waals surface area contributed by atoms with Crippen molar-refractivity contribution in [3.05, 3.63) is 22.4 Å². The Morgan fingerprint density at radius 3 is 1.70 bits per heavy atom. The lowest BCUT2D eigenvalue weighted by molar-refractivity contribution is -0.142. The minimum Gasteiger partial charge on any atom is -0.481 e. The summed E-state index contributed by atoms with van der Waals surface area (Å²) in [4.78, 5) is 139. The monoisotopic (exact) mass is 881 g/mol. The number of carboxylic acids is 3. The maximum absolute atomic E-state index is 14.1. The highest BCUT2D eigenvalue weighted by Crippen LogP contribution is 2.21. The molecule has 1 aromatic rings. The van der Waals surface area contributed by atoms with Gasteiger partial charge in [0.25, 0.3) is 5.91 Å². The van der Waals surface area contributed by atoms with Gasteiger partial charge in [0.1, 0.15) is 30.2 Å². The third-order valence-electron chi connectivity index (χ3n) is 9.01. The first-order valence-corrected chi connectivity index (χ1v) is 20.6. The van der Waals surface area contributed by atoms with Crippen molar-refractivity contribution >= 4 is 76.4 Å². The summed E-state index contributed by atoms with van der Waals surface area (Å²) in [6.07, 6.45) is -2.26. The number of carbonyl (C=O) groups excluding carboxylic acids is 8. The quantitative estimate of drug-likeness (QED) is 0.0485. The molecule has 21 nitrogen and oxygen atoms in total. The maximum Gasteiger partial charge on any atom is 0.305 e. The molecule has 1 unspecified atom stereocenters. The number of Topliss-reactive ketones (excluding diaryl/α,β-unsaturated/α-hetero) is 1. The van der Waals surface area contributed by atoms with Crippen molar-refractivity contribution in [3.8, 4) is 0 Å². The number of unbranched alkanes of at least 4 members (excludes halogenated alkanes) is 1. The van der Waals surface area contributed by atoms with E-state index in [2.05, 4.69) is 31.9 Å². The molecule has 61 heavy (non-hydrogen) atoms. The van der Waals surface area contributed by atoms with Gasteiger partial charge in [-0.1, -0.05) is 54.4 Å². The number of carboxylic acid groups (broad SMARTS) is 3. The fourth-order valence-electron chi connectivity index (χ4n) is 5.80. The Morgan fingerprint density at radius 1 is 0.656 bits per heavy atom. The highest BCUT2D eigenvalue weighted by Gasteiger charge is 2.38. The van der Waals surface area contributed by atoms with Gasteiger partial charge >= 0.3 is 17.9 Å². The van der Waals surface area contributed by atoms with Gasteiger partial charge in [0.2, 0.25) is 41.2 Å². The first-order chi connectivity index (χ1) is 28.4. The van der Waals surface area contributed by atoms with Gasteiger partial charge in [-0.05, 0) is 53.0 Å². The van der Waals surface area contributed by atoms with Gasteiger partial charge in [0.05, 0.1) is 18.9 Å². The standard InChI is InChI=1S/C39H59N7O14S/c1-7-8-9-22(31(54)33(40)55)42-35(57)24(16-20(2)3)45-38(60)32(39(4,5)6)46-37(59)25(17-21-14-15-61-19-21)44-34(56)23(10-12-28(48)49)43-36(58)26(18-30(52)53)41-27(47)11-13-29(50)51/h14-15,19-20,22-26,32H,7-13,16-18H2,1-6H3,(H2,40,55)(H,41,47)(H,42,57)(H,43,58)(H,44,56)(H,45,60)(H,46,59)(H,48,49)(H,50,51)(H,52,53)/t22?,23-,24-,25-,26-,32+/m0/s1. The van der Waals surface area contributed by atoms with Crippen LogP contribution in [0.5, 0.6) is 0 Å². The third kappa shape index (κ3) is 20.3. The minimum absolute atomic E-state index is 0.0905. The molecule has 1 heterocycles. The SMILES string of the molecule is CCCCC(NC(=O)[C@H](CC(C)C)NC(=O)[C@@H](NC(=O)[C@H](Cc1ccsc1)NC(=O)[C@H](CCC(=O)O)NC(=O)[C@H](CC(=O)O)NC(=O)CCC(=O)O)C(C)(C)C)C(=O)C(N)=O. The number of aliphatic carboxylic acids is 3. The molecule has 11 N–H and O–H groups in total. The smallest absolute Gasteiger partial charge is 0.305 e. The van der Waals surface area contributed by atoms with Crippen LogP contribution in [0.1, 0.15) is 105 Å². The van der Waals surface area contributed by atoms with Crippen molar-refractivity contribution in [3.63, 3.8) is 0 Å². The summed E-state index contributed by atoms with van der Waals surface area (Å²) in [5.74, 6) is -12.4. The van der Waals surface area contributed by atoms with Crippen LogP contribution < -0.4 is 37.6 Å². The number of ketones is 1. The Hall–Kier alpha value is -5.93. The number of amides is 7. The van der Waals surface area contributed by atoms with Crippen molar-refractivity contribution in [2.24, 2.45) is 17.1 Å². The van der Waals surface area contributed by atoms with Gasteiger partial charge in [-0.15, -0.1) is 0 Å². The molecule has 0 bridgehead atoms. The number of hydrogen-bond donors (Lipinski definition) is 10. The lowest BCUT2D eigenvalue weighted by atomic mass is 9.85. The number of nitrogens with two attached hydrogens (primary N) is 1. The van der Waals surface area contributed by atoms with Crippen molar-refractivity contribution in [2.75, 3.05) is 0 Å². The van der Waals surface area contributed by atoms with Crippen molar-refractivity contribution in [1.29, 1.82) is 0 Å². The van der Waals surface area contributed by atoms with E-state index >= 15 is 0 Å². The van der Waals surface area contributed by atoms with E-state index in [1.165, 1.54) is 11.3 Å². The number of nitrogens with one attached hydrogen (secondary N) is 6. The maximum atomic E-state index is 14.1. The van der Waals surface area contributed by atoms with Crippen LogP contribution in [-0.2, 0) is 59.2 Å². The number of carbonyl (C=O) groups is 11. The first-order valence-electron chi connectivity index (χ1n) is 19.7. The van der Waals surface area contributed by atoms with Crippen molar-refractivity contribution in [2.45, 2.75) is 142 Å². The molecular weight excluding hydrogens is 823 g/mol. The molecule has 340 valence electrons. The molecular formula is C39H59N7O14S. The summed E-state index contributed by atoms with van der Waals surface area (Å²) in [7, 11) is 0. The molecule has 0 fully saturated rings. The first kappa shape index (κ1) is 53.1. The summed E-state index contributed by atoms with van der Waals surface area (Å²) in [5, 5.41) is 45.6. The third-order valence-corrected chi connectivity index (χ3v) is 9.74. The minimum atomic E-state index is -1.80. The number of rotatable bonds is 28. The van der Waals surface area contributed by atoms with Gasteiger partial charge in [0, 0.05) is 19.3 Å². The summed E-state index contributed by atoms with van der Waals surface area (Å²) >= 11 is 1.27. The zero-order chi connectivity index (χ0) is 46.6. The molecule has 6 atom stereocenters. The molecule has 7 amide bonds. The topological polar surface area (TPSA) is 347 Å². The van der Waals surface area contributed by atoms with Crippen LogP contribution in [0.15, 0.2) is 16.8 Å². The Bertz CT molecular complexity index is 1740. The second-order valence-corrected chi connectivity index (χ2v) is 16.7.